The van der Waals surface area contributed by atoms with E-state index < -0.39 is 10.0 Å². The van der Waals surface area contributed by atoms with Crippen molar-refractivity contribution < 1.29 is 17.9 Å². The largest absolute Gasteiger partial charge is 0.494 e. The van der Waals surface area contributed by atoms with Gasteiger partial charge in [0.15, 0.2) is 0 Å². The lowest BCUT2D eigenvalue weighted by Crippen LogP contribution is -2.37. The number of carbonyl (C=O) groups is 1. The average Bonchev–Trinajstić information content (AvgIpc) is 2.60. The summed E-state index contributed by atoms with van der Waals surface area (Å²) < 4.78 is 32.8. The Morgan fingerprint density at radius 2 is 1.77 bits per heavy atom. The van der Waals surface area contributed by atoms with E-state index in [1.807, 2.05) is 6.92 Å². The average molecular weight is 376 g/mol. The van der Waals surface area contributed by atoms with E-state index in [4.69, 9.17) is 4.74 Å². The van der Waals surface area contributed by atoms with Gasteiger partial charge >= 0.3 is 0 Å². The van der Waals surface area contributed by atoms with Gasteiger partial charge in [-0.15, -0.1) is 0 Å². The highest BCUT2D eigenvalue weighted by Gasteiger charge is 2.17. The molecule has 140 valence electrons. The van der Waals surface area contributed by atoms with Crippen molar-refractivity contribution in [3.05, 3.63) is 54.1 Å². The quantitative estimate of drug-likeness (QED) is 0.769. The second-order valence-electron chi connectivity index (χ2n) is 5.76. The van der Waals surface area contributed by atoms with Crippen molar-refractivity contribution in [2.24, 2.45) is 0 Å². The maximum absolute atomic E-state index is 12.4. The predicted molar refractivity (Wildman–Crippen MR) is 102 cm³/mol. The Kier molecular flexibility index (Phi) is 6.76. The third-order valence-corrected chi connectivity index (χ3v) is 5.47. The van der Waals surface area contributed by atoms with Crippen LogP contribution in [-0.4, -0.2) is 34.0 Å². The van der Waals surface area contributed by atoms with Gasteiger partial charge in [-0.05, 0) is 49.7 Å². The van der Waals surface area contributed by atoms with Crippen LogP contribution in [0.25, 0.3) is 0 Å². The van der Waals surface area contributed by atoms with Gasteiger partial charge in [0, 0.05) is 25.7 Å². The van der Waals surface area contributed by atoms with Crippen LogP contribution in [0.5, 0.6) is 5.75 Å². The fraction of sp³-hybridized carbons (Fsp3) is 0.316. The van der Waals surface area contributed by atoms with Crippen LogP contribution < -0.4 is 14.4 Å². The molecule has 0 saturated heterocycles. The minimum Gasteiger partial charge on any atom is -0.494 e. The summed E-state index contributed by atoms with van der Waals surface area (Å²) in [6, 6.07) is 13.9. The number of rotatable bonds is 8. The Labute approximate surface area is 154 Å². The van der Waals surface area contributed by atoms with Crippen molar-refractivity contribution in [3.8, 4) is 5.75 Å². The Hall–Kier alpha value is -2.38. The van der Waals surface area contributed by atoms with Crippen LogP contribution in [0.1, 0.15) is 19.4 Å². The molecule has 0 bridgehead atoms. The summed E-state index contributed by atoms with van der Waals surface area (Å²) in [4.78, 5) is 13.7. The first-order valence-electron chi connectivity index (χ1n) is 8.41. The number of anilines is 1. The normalized spacial score (nSPS) is 11.2. The van der Waals surface area contributed by atoms with E-state index in [1.54, 1.807) is 55.5 Å². The fourth-order valence-electron chi connectivity index (χ4n) is 2.58. The summed E-state index contributed by atoms with van der Waals surface area (Å²) in [7, 11) is -3.62. The second-order valence-corrected chi connectivity index (χ2v) is 7.50. The standard InChI is InChI=1S/C19H24N2O4S/c1-4-25-18-11-9-17(10-12-18)21(16(3)22)14-13-20-26(23,24)19-8-6-5-7-15(19)2/h5-12,20H,4,13-14H2,1-3H3. The molecule has 0 atom stereocenters. The number of benzene rings is 2. The lowest BCUT2D eigenvalue weighted by molar-refractivity contribution is -0.116. The zero-order chi connectivity index (χ0) is 19.2. The Morgan fingerprint density at radius 1 is 1.12 bits per heavy atom. The first-order chi connectivity index (χ1) is 12.3. The van der Waals surface area contributed by atoms with Gasteiger partial charge in [-0.3, -0.25) is 4.79 Å². The van der Waals surface area contributed by atoms with Crippen LogP contribution in [0.2, 0.25) is 0 Å². The third kappa shape index (κ3) is 5.06. The molecule has 0 spiro atoms. The molecule has 0 unspecified atom stereocenters. The highest BCUT2D eigenvalue weighted by Crippen LogP contribution is 2.20. The summed E-state index contributed by atoms with van der Waals surface area (Å²) in [5.74, 6) is 0.559. The highest BCUT2D eigenvalue weighted by molar-refractivity contribution is 7.89. The van der Waals surface area contributed by atoms with Crippen LogP contribution in [0.4, 0.5) is 5.69 Å². The monoisotopic (exact) mass is 376 g/mol. The molecule has 0 aliphatic carbocycles. The number of aryl methyl sites for hydroxylation is 1. The molecular weight excluding hydrogens is 352 g/mol. The summed E-state index contributed by atoms with van der Waals surface area (Å²) in [5, 5.41) is 0. The highest BCUT2D eigenvalue weighted by atomic mass is 32.2. The van der Waals surface area contributed by atoms with Crippen molar-refractivity contribution in [1.29, 1.82) is 0 Å². The second kappa shape index (κ2) is 8.82. The van der Waals surface area contributed by atoms with Crippen molar-refractivity contribution >= 4 is 21.6 Å². The molecule has 2 aromatic carbocycles. The summed E-state index contributed by atoms with van der Waals surface area (Å²) in [5.41, 5.74) is 1.37. The first-order valence-corrected chi connectivity index (χ1v) is 9.89. The van der Waals surface area contributed by atoms with Gasteiger partial charge in [-0.25, -0.2) is 13.1 Å². The van der Waals surface area contributed by atoms with Crippen LogP contribution in [0.15, 0.2) is 53.4 Å². The number of carbonyl (C=O) groups excluding carboxylic acids is 1. The molecule has 1 amide bonds. The number of hydrogen-bond acceptors (Lipinski definition) is 4. The Balaban J connectivity index is 2.05. The fourth-order valence-corrected chi connectivity index (χ4v) is 3.85. The number of nitrogens with zero attached hydrogens (tertiary/aromatic N) is 1. The molecule has 1 N–H and O–H groups in total. The SMILES string of the molecule is CCOc1ccc(N(CCNS(=O)(=O)c2ccccc2C)C(C)=O)cc1. The van der Waals surface area contributed by atoms with Crippen LogP contribution in [-0.2, 0) is 14.8 Å². The lowest BCUT2D eigenvalue weighted by Gasteiger charge is -2.22. The van der Waals surface area contributed by atoms with E-state index >= 15 is 0 Å². The zero-order valence-corrected chi connectivity index (χ0v) is 16.0. The molecule has 0 saturated carbocycles. The molecule has 0 heterocycles. The molecule has 6 nitrogen and oxygen atoms in total. The Bertz CT molecular complexity index is 848. The number of sulfonamides is 1. The smallest absolute Gasteiger partial charge is 0.240 e. The van der Waals surface area contributed by atoms with Crippen LogP contribution >= 0.6 is 0 Å². The molecule has 0 aromatic heterocycles. The number of ether oxygens (including phenoxy) is 1. The molecule has 0 aliphatic heterocycles. The van der Waals surface area contributed by atoms with E-state index in [1.165, 1.54) is 11.8 Å². The zero-order valence-electron chi connectivity index (χ0n) is 15.2. The van der Waals surface area contributed by atoms with Crippen molar-refractivity contribution in [1.82, 2.24) is 4.72 Å². The Morgan fingerprint density at radius 3 is 2.35 bits per heavy atom. The maximum Gasteiger partial charge on any atom is 0.240 e. The minimum absolute atomic E-state index is 0.115. The molecule has 7 heteroatoms. The lowest BCUT2D eigenvalue weighted by atomic mass is 10.2. The van der Waals surface area contributed by atoms with Crippen molar-refractivity contribution in [3.63, 3.8) is 0 Å². The van der Waals surface area contributed by atoms with Gasteiger partial charge in [0.1, 0.15) is 5.75 Å². The van der Waals surface area contributed by atoms with Crippen LogP contribution in [0, 0.1) is 6.92 Å². The van der Waals surface area contributed by atoms with Gasteiger partial charge in [0.05, 0.1) is 11.5 Å². The molecule has 26 heavy (non-hydrogen) atoms. The summed E-state index contributed by atoms with van der Waals surface area (Å²) in [6.07, 6.45) is 0. The van der Waals surface area contributed by atoms with Crippen molar-refractivity contribution in [2.75, 3.05) is 24.6 Å². The third-order valence-electron chi connectivity index (χ3n) is 3.85. The van der Waals surface area contributed by atoms with E-state index in [2.05, 4.69) is 4.72 Å². The molecule has 2 rings (SSSR count). The molecular formula is C19H24N2O4S. The molecule has 0 fully saturated rings. The minimum atomic E-state index is -3.62. The molecule has 0 radical (unpaired) electrons. The number of nitrogens with one attached hydrogen (secondary N) is 1. The molecule has 0 aliphatic rings. The van der Waals surface area contributed by atoms with E-state index in [-0.39, 0.29) is 23.9 Å². The van der Waals surface area contributed by atoms with E-state index in [0.717, 1.165) is 5.75 Å². The van der Waals surface area contributed by atoms with Gasteiger partial charge < -0.3 is 9.64 Å². The van der Waals surface area contributed by atoms with Crippen molar-refractivity contribution in [2.45, 2.75) is 25.7 Å². The van der Waals surface area contributed by atoms with Crippen LogP contribution in [0.3, 0.4) is 0 Å². The maximum atomic E-state index is 12.4. The van der Waals surface area contributed by atoms with E-state index in [0.29, 0.717) is 17.9 Å². The van der Waals surface area contributed by atoms with Gasteiger partial charge in [-0.2, -0.15) is 0 Å². The summed E-state index contributed by atoms with van der Waals surface area (Å²) >= 11 is 0. The first kappa shape index (κ1) is 19.9. The topological polar surface area (TPSA) is 75.7 Å². The van der Waals surface area contributed by atoms with Gasteiger partial charge in [0.2, 0.25) is 15.9 Å². The number of hydrogen-bond donors (Lipinski definition) is 1. The molecule has 2 aromatic rings. The predicted octanol–water partition coefficient (Wildman–Crippen LogP) is 2.73. The van der Waals surface area contributed by atoms with E-state index in [9.17, 15) is 13.2 Å². The number of amides is 1. The summed E-state index contributed by atoms with van der Waals surface area (Å²) in [6.45, 7) is 6.01. The van der Waals surface area contributed by atoms with Gasteiger partial charge in [-0.1, -0.05) is 18.2 Å². The van der Waals surface area contributed by atoms with Gasteiger partial charge in [0.25, 0.3) is 0 Å².